The van der Waals surface area contributed by atoms with Crippen molar-refractivity contribution in [2.75, 3.05) is 6.54 Å². The monoisotopic (exact) mass is 269 g/mol. The number of hydrogen-bond donors (Lipinski definition) is 0. The number of nitrogens with zero attached hydrogens (tertiary/aromatic N) is 1. The summed E-state index contributed by atoms with van der Waals surface area (Å²) in [5.41, 5.74) is 0.674. The smallest absolute Gasteiger partial charge is 0.128 e. The van der Waals surface area contributed by atoms with Gasteiger partial charge in [-0.3, -0.25) is 0 Å². The summed E-state index contributed by atoms with van der Waals surface area (Å²) >= 11 is 0. The summed E-state index contributed by atoms with van der Waals surface area (Å²) in [5, 5.41) is 0. The summed E-state index contributed by atoms with van der Waals surface area (Å²) in [7, 11) is -1.08. The van der Waals surface area contributed by atoms with E-state index < -0.39 is 11.0 Å². The molecule has 0 aliphatic carbocycles. The maximum Gasteiger partial charge on any atom is 0.128 e. The molecule has 1 saturated heterocycles. The van der Waals surface area contributed by atoms with E-state index >= 15 is 0 Å². The van der Waals surface area contributed by atoms with Gasteiger partial charge in [0, 0.05) is 12.1 Å². The van der Waals surface area contributed by atoms with E-state index in [1.54, 1.807) is 12.1 Å². The van der Waals surface area contributed by atoms with Crippen molar-refractivity contribution in [1.29, 1.82) is 0 Å². The van der Waals surface area contributed by atoms with Crippen LogP contribution in [0.2, 0.25) is 0 Å². The molecule has 1 aliphatic rings. The summed E-state index contributed by atoms with van der Waals surface area (Å²) in [6.07, 6.45) is 1.85. The second-order valence-electron chi connectivity index (χ2n) is 5.68. The number of halogens is 1. The van der Waals surface area contributed by atoms with Gasteiger partial charge in [-0.2, -0.15) is 0 Å². The lowest BCUT2D eigenvalue weighted by molar-refractivity contribution is 0.403. The quantitative estimate of drug-likeness (QED) is 0.805. The highest BCUT2D eigenvalue weighted by Crippen LogP contribution is 2.36. The van der Waals surface area contributed by atoms with Crippen molar-refractivity contribution >= 4 is 11.0 Å². The molecule has 0 spiro atoms. The first-order valence-corrected chi connectivity index (χ1v) is 7.45. The Morgan fingerprint density at radius 2 is 2.00 bits per heavy atom. The molecule has 0 radical (unpaired) electrons. The third-order valence-electron chi connectivity index (χ3n) is 3.20. The van der Waals surface area contributed by atoms with Crippen molar-refractivity contribution < 1.29 is 8.60 Å². The van der Waals surface area contributed by atoms with Crippen molar-refractivity contribution in [3.63, 3.8) is 0 Å². The summed E-state index contributed by atoms with van der Waals surface area (Å²) in [6.45, 7) is 6.66. The fourth-order valence-electron chi connectivity index (χ4n) is 2.35. The average Bonchev–Trinajstić information content (AvgIpc) is 2.76. The van der Waals surface area contributed by atoms with Crippen molar-refractivity contribution in [1.82, 2.24) is 4.31 Å². The maximum absolute atomic E-state index is 13.8. The van der Waals surface area contributed by atoms with Crippen LogP contribution in [0.4, 0.5) is 4.39 Å². The molecule has 0 saturated carbocycles. The van der Waals surface area contributed by atoms with Gasteiger partial charge in [-0.05, 0) is 39.7 Å². The van der Waals surface area contributed by atoms with Crippen LogP contribution in [0, 0.1) is 5.82 Å². The Kier molecular flexibility index (Phi) is 3.87. The number of benzene rings is 1. The predicted octanol–water partition coefficient (Wildman–Crippen LogP) is 3.42. The Hall–Kier alpha value is -0.740. The van der Waals surface area contributed by atoms with E-state index in [9.17, 15) is 8.60 Å². The largest absolute Gasteiger partial charge is 0.242 e. The highest BCUT2D eigenvalue weighted by molar-refractivity contribution is 7.84. The Morgan fingerprint density at radius 1 is 1.33 bits per heavy atom. The van der Waals surface area contributed by atoms with Crippen LogP contribution in [-0.2, 0) is 11.0 Å². The SMILES string of the molecule is CC(C)(C)[S@](=O)N1CCC[C@H]1c1ccccc1F. The Labute approximate surface area is 111 Å². The molecule has 1 aliphatic heterocycles. The molecule has 0 aromatic heterocycles. The summed E-state index contributed by atoms with van der Waals surface area (Å²) in [6, 6.07) is 6.77. The lowest BCUT2D eigenvalue weighted by Crippen LogP contribution is -2.37. The van der Waals surface area contributed by atoms with Crippen molar-refractivity contribution in [2.45, 2.75) is 44.4 Å². The van der Waals surface area contributed by atoms with Crippen LogP contribution in [0.15, 0.2) is 24.3 Å². The first kappa shape index (κ1) is 13.7. The van der Waals surface area contributed by atoms with Crippen LogP contribution >= 0.6 is 0 Å². The molecule has 0 N–H and O–H groups in total. The van der Waals surface area contributed by atoms with Gasteiger partial charge in [0.15, 0.2) is 0 Å². The van der Waals surface area contributed by atoms with Gasteiger partial charge in [0.25, 0.3) is 0 Å². The lowest BCUT2D eigenvalue weighted by atomic mass is 10.1. The predicted molar refractivity (Wildman–Crippen MR) is 73.0 cm³/mol. The van der Waals surface area contributed by atoms with Gasteiger partial charge in [-0.1, -0.05) is 18.2 Å². The molecule has 4 heteroatoms. The van der Waals surface area contributed by atoms with E-state index in [1.165, 1.54) is 6.07 Å². The second-order valence-corrected chi connectivity index (χ2v) is 7.87. The molecule has 1 fully saturated rings. The highest BCUT2D eigenvalue weighted by Gasteiger charge is 2.36. The van der Waals surface area contributed by atoms with Gasteiger partial charge in [0.1, 0.15) is 16.8 Å². The molecule has 1 aromatic carbocycles. The van der Waals surface area contributed by atoms with E-state index in [0.717, 1.165) is 19.4 Å². The van der Waals surface area contributed by atoms with Crippen LogP contribution in [0.3, 0.4) is 0 Å². The van der Waals surface area contributed by atoms with E-state index in [4.69, 9.17) is 0 Å². The van der Waals surface area contributed by atoms with Gasteiger partial charge < -0.3 is 0 Å². The minimum atomic E-state index is -1.08. The minimum Gasteiger partial charge on any atom is -0.242 e. The minimum absolute atomic E-state index is 0.0498. The standard InChI is InChI=1S/C14H20FNOS/c1-14(2,3)18(17)16-10-6-9-13(16)11-7-4-5-8-12(11)15/h4-5,7-8,13H,6,9-10H2,1-3H3/t13-,18-/m0/s1. The fraction of sp³-hybridized carbons (Fsp3) is 0.571. The molecule has 2 rings (SSSR count). The Balaban J connectivity index is 2.29. The lowest BCUT2D eigenvalue weighted by Gasteiger charge is -2.30. The third kappa shape index (κ3) is 2.64. The zero-order valence-corrected chi connectivity index (χ0v) is 12.0. The van der Waals surface area contributed by atoms with Gasteiger partial charge in [0.2, 0.25) is 0 Å². The normalized spacial score (nSPS) is 23.2. The summed E-state index contributed by atoms with van der Waals surface area (Å²) < 4.78 is 28.0. The molecule has 0 unspecified atom stereocenters. The van der Waals surface area contributed by atoms with Crippen molar-refractivity contribution in [2.24, 2.45) is 0 Å². The van der Waals surface area contributed by atoms with E-state index in [1.807, 2.05) is 31.1 Å². The second kappa shape index (κ2) is 5.10. The first-order valence-electron chi connectivity index (χ1n) is 6.34. The van der Waals surface area contributed by atoms with Gasteiger partial charge in [0.05, 0.1) is 10.8 Å². The molecule has 2 nitrogen and oxygen atoms in total. The topological polar surface area (TPSA) is 20.3 Å². The fourth-order valence-corrected chi connectivity index (χ4v) is 3.80. The number of hydrogen-bond acceptors (Lipinski definition) is 1. The van der Waals surface area contributed by atoms with E-state index in [-0.39, 0.29) is 16.6 Å². The highest BCUT2D eigenvalue weighted by atomic mass is 32.2. The summed E-state index contributed by atoms with van der Waals surface area (Å²) in [5.74, 6) is -0.194. The molecule has 1 heterocycles. The maximum atomic E-state index is 13.8. The molecule has 0 bridgehead atoms. The van der Waals surface area contributed by atoms with Crippen molar-refractivity contribution in [3.8, 4) is 0 Å². The third-order valence-corrected chi connectivity index (χ3v) is 5.12. The van der Waals surface area contributed by atoms with Crippen LogP contribution in [0.5, 0.6) is 0 Å². The Bertz CT molecular complexity index is 455. The Morgan fingerprint density at radius 3 is 2.61 bits per heavy atom. The van der Waals surface area contributed by atoms with E-state index in [2.05, 4.69) is 0 Å². The first-order chi connectivity index (χ1) is 8.41. The molecule has 2 atom stereocenters. The van der Waals surface area contributed by atoms with Crippen molar-refractivity contribution in [3.05, 3.63) is 35.6 Å². The molecule has 1 aromatic rings. The molecule has 18 heavy (non-hydrogen) atoms. The van der Waals surface area contributed by atoms with Crippen LogP contribution in [-0.4, -0.2) is 19.8 Å². The van der Waals surface area contributed by atoms with Crippen LogP contribution in [0.25, 0.3) is 0 Å². The van der Waals surface area contributed by atoms with Gasteiger partial charge in [-0.25, -0.2) is 12.9 Å². The molecule has 0 amide bonds. The summed E-state index contributed by atoms with van der Waals surface area (Å²) in [4.78, 5) is 0. The van der Waals surface area contributed by atoms with E-state index in [0.29, 0.717) is 5.56 Å². The average molecular weight is 269 g/mol. The van der Waals surface area contributed by atoms with Crippen LogP contribution in [0.1, 0.15) is 45.2 Å². The number of rotatable bonds is 2. The zero-order chi connectivity index (χ0) is 13.3. The zero-order valence-electron chi connectivity index (χ0n) is 11.1. The van der Waals surface area contributed by atoms with Gasteiger partial charge in [-0.15, -0.1) is 0 Å². The molecular weight excluding hydrogens is 249 g/mol. The van der Waals surface area contributed by atoms with Gasteiger partial charge >= 0.3 is 0 Å². The van der Waals surface area contributed by atoms with Crippen LogP contribution < -0.4 is 0 Å². The molecular formula is C14H20FNOS. The molecule has 100 valence electrons.